The summed E-state index contributed by atoms with van der Waals surface area (Å²) in [5, 5.41) is 4.51. The van der Waals surface area contributed by atoms with E-state index in [4.69, 9.17) is 38.4 Å². The first-order valence-electron chi connectivity index (χ1n) is 12.0. The van der Waals surface area contributed by atoms with Crippen LogP contribution in [-0.4, -0.2) is 50.1 Å². The first kappa shape index (κ1) is 27.9. The van der Waals surface area contributed by atoms with Gasteiger partial charge in [-0.3, -0.25) is 4.68 Å². The molecule has 2 aromatic heterocycles. The molecular weight excluding hydrogens is 539 g/mol. The van der Waals surface area contributed by atoms with Crippen molar-refractivity contribution in [1.82, 2.24) is 19.7 Å². The van der Waals surface area contributed by atoms with E-state index in [2.05, 4.69) is 10.1 Å². The molecule has 0 spiro atoms. The number of carbonyl (C=O) groups excluding carboxylic acids is 1. The summed E-state index contributed by atoms with van der Waals surface area (Å²) in [6, 6.07) is 3.87. The van der Waals surface area contributed by atoms with Crippen molar-refractivity contribution in [2.75, 3.05) is 12.3 Å². The van der Waals surface area contributed by atoms with Crippen molar-refractivity contribution in [3.63, 3.8) is 0 Å². The third-order valence-electron chi connectivity index (χ3n) is 6.03. The zero-order valence-electron chi connectivity index (χ0n) is 21.4. The molecule has 0 bridgehead atoms. The van der Waals surface area contributed by atoms with E-state index in [-0.39, 0.29) is 34.6 Å². The molecule has 8 nitrogen and oxygen atoms in total. The summed E-state index contributed by atoms with van der Waals surface area (Å²) in [7, 11) is 0. The first-order valence-corrected chi connectivity index (χ1v) is 12.8. The number of benzene rings is 1. The van der Waals surface area contributed by atoms with Crippen LogP contribution in [0.5, 0.6) is 5.75 Å². The Kier molecular flexibility index (Phi) is 8.04. The van der Waals surface area contributed by atoms with E-state index in [0.717, 1.165) is 0 Å². The number of amides is 1. The molecule has 4 rings (SSSR count). The molecule has 2 N–H and O–H groups in total. The Labute approximate surface area is 229 Å². The van der Waals surface area contributed by atoms with Crippen molar-refractivity contribution in [1.29, 1.82) is 0 Å². The van der Waals surface area contributed by atoms with Gasteiger partial charge >= 0.3 is 6.09 Å². The van der Waals surface area contributed by atoms with Crippen molar-refractivity contribution >= 4 is 35.1 Å². The highest BCUT2D eigenvalue weighted by atomic mass is 35.5. The number of carbonyl (C=O) groups is 1. The molecule has 204 valence electrons. The second-order valence-corrected chi connectivity index (χ2v) is 11.0. The second kappa shape index (κ2) is 10.9. The SMILES string of the molecule is C[C@@H](Oc1cc(-c2cnn(C[C@@H]3CC(F)CN3C(=O)OC(C)(C)C)c2)cnc1N)c1c(Cl)ccc(F)c1Cl. The van der Waals surface area contributed by atoms with Gasteiger partial charge < -0.3 is 20.1 Å². The van der Waals surface area contributed by atoms with E-state index in [1.165, 1.54) is 17.0 Å². The zero-order valence-corrected chi connectivity index (χ0v) is 22.9. The standard InChI is InChI=1S/C26H29Cl2F2N5O3/c1-14(22-19(27)5-6-20(30)23(22)28)37-21-7-15(9-32-24(21)31)16-10-33-34(11-16)13-18-8-17(29)12-35(18)25(36)38-26(2,3)4/h5-7,9-11,14,17-18H,8,12-13H2,1-4H3,(H2,31,32)/t14-,17?,18+/m1/s1. The minimum absolute atomic E-state index is 0.0200. The summed E-state index contributed by atoms with van der Waals surface area (Å²) in [5.74, 6) is -0.226. The number of nitrogens with zero attached hydrogens (tertiary/aromatic N) is 4. The molecule has 3 aromatic rings. The van der Waals surface area contributed by atoms with E-state index >= 15 is 0 Å². The average molecular weight is 568 g/mol. The number of anilines is 1. The van der Waals surface area contributed by atoms with Crippen LogP contribution in [0, 0.1) is 5.82 Å². The maximum atomic E-state index is 14.2. The van der Waals surface area contributed by atoms with E-state index in [1.807, 2.05) is 0 Å². The van der Waals surface area contributed by atoms with Crippen LogP contribution < -0.4 is 10.5 Å². The van der Waals surface area contributed by atoms with Gasteiger partial charge in [-0.1, -0.05) is 23.2 Å². The van der Waals surface area contributed by atoms with Crippen molar-refractivity contribution in [3.05, 3.63) is 58.2 Å². The maximum Gasteiger partial charge on any atom is 0.410 e. The quantitative estimate of drug-likeness (QED) is 0.343. The first-order chi connectivity index (χ1) is 17.8. The van der Waals surface area contributed by atoms with Gasteiger partial charge in [0.1, 0.15) is 23.7 Å². The molecule has 1 unspecified atom stereocenters. The fourth-order valence-corrected chi connectivity index (χ4v) is 4.96. The monoisotopic (exact) mass is 567 g/mol. The molecule has 3 heterocycles. The molecule has 12 heteroatoms. The number of pyridine rings is 1. The number of alkyl halides is 1. The molecule has 38 heavy (non-hydrogen) atoms. The summed E-state index contributed by atoms with van der Waals surface area (Å²) in [5.41, 5.74) is 7.01. The van der Waals surface area contributed by atoms with Gasteiger partial charge in [0.2, 0.25) is 0 Å². The smallest absolute Gasteiger partial charge is 0.410 e. The van der Waals surface area contributed by atoms with Crippen molar-refractivity contribution < 1.29 is 23.0 Å². The van der Waals surface area contributed by atoms with E-state index in [1.54, 1.807) is 57.0 Å². The van der Waals surface area contributed by atoms with Gasteiger partial charge in [0.05, 0.1) is 30.4 Å². The summed E-state index contributed by atoms with van der Waals surface area (Å²) in [6.07, 6.45) is 2.75. The van der Waals surface area contributed by atoms with Crippen molar-refractivity contribution in [3.8, 4) is 16.9 Å². The van der Waals surface area contributed by atoms with Gasteiger partial charge in [-0.25, -0.2) is 18.6 Å². The Morgan fingerprint density at radius 1 is 1.26 bits per heavy atom. The lowest BCUT2D eigenvalue weighted by molar-refractivity contribution is 0.0204. The zero-order chi connectivity index (χ0) is 27.8. The van der Waals surface area contributed by atoms with Gasteiger partial charge in [-0.15, -0.1) is 0 Å². The van der Waals surface area contributed by atoms with Gasteiger partial charge in [0, 0.05) is 40.5 Å². The topological polar surface area (TPSA) is 95.5 Å². The molecule has 1 amide bonds. The molecule has 0 radical (unpaired) electrons. The largest absolute Gasteiger partial charge is 0.482 e. The van der Waals surface area contributed by atoms with Gasteiger partial charge in [0.25, 0.3) is 0 Å². The Balaban J connectivity index is 1.51. The van der Waals surface area contributed by atoms with Gasteiger partial charge in [0.15, 0.2) is 11.6 Å². The molecule has 1 aliphatic heterocycles. The number of hydrogen-bond donors (Lipinski definition) is 1. The Morgan fingerprint density at radius 3 is 2.71 bits per heavy atom. The van der Waals surface area contributed by atoms with E-state index < -0.39 is 35.8 Å². The fraction of sp³-hybridized carbons (Fsp3) is 0.423. The Bertz CT molecular complexity index is 1330. The lowest BCUT2D eigenvalue weighted by Gasteiger charge is -2.28. The third-order valence-corrected chi connectivity index (χ3v) is 6.74. The Morgan fingerprint density at radius 2 is 2.00 bits per heavy atom. The summed E-state index contributed by atoms with van der Waals surface area (Å²) >= 11 is 12.3. The number of halogens is 4. The van der Waals surface area contributed by atoms with Crippen LogP contribution in [0.25, 0.3) is 11.1 Å². The van der Waals surface area contributed by atoms with E-state index in [0.29, 0.717) is 23.2 Å². The van der Waals surface area contributed by atoms with E-state index in [9.17, 15) is 13.6 Å². The normalized spacial score (nSPS) is 18.5. The molecule has 1 fully saturated rings. The predicted molar refractivity (Wildman–Crippen MR) is 142 cm³/mol. The summed E-state index contributed by atoms with van der Waals surface area (Å²) in [6.45, 7) is 7.25. The maximum absolute atomic E-state index is 14.2. The highest BCUT2D eigenvalue weighted by molar-refractivity contribution is 6.36. The highest BCUT2D eigenvalue weighted by Crippen LogP contribution is 2.37. The minimum atomic E-state index is -1.13. The lowest BCUT2D eigenvalue weighted by Crippen LogP contribution is -2.41. The number of nitrogen functional groups attached to an aromatic ring is 1. The summed E-state index contributed by atoms with van der Waals surface area (Å²) in [4.78, 5) is 18.2. The van der Waals surface area contributed by atoms with Gasteiger partial charge in [-0.2, -0.15) is 5.10 Å². The number of rotatable bonds is 6. The highest BCUT2D eigenvalue weighted by Gasteiger charge is 2.38. The molecule has 1 aromatic carbocycles. The molecule has 0 aliphatic carbocycles. The molecule has 1 aliphatic rings. The lowest BCUT2D eigenvalue weighted by atomic mass is 10.1. The number of nitrogens with two attached hydrogens (primary N) is 1. The van der Waals surface area contributed by atoms with Crippen LogP contribution in [0.2, 0.25) is 10.0 Å². The number of hydrogen-bond acceptors (Lipinski definition) is 6. The van der Waals surface area contributed by atoms with Crippen LogP contribution in [0.15, 0.2) is 36.8 Å². The van der Waals surface area contributed by atoms with Crippen LogP contribution in [-0.2, 0) is 11.3 Å². The van der Waals surface area contributed by atoms with Crippen LogP contribution in [0.4, 0.5) is 19.4 Å². The van der Waals surface area contributed by atoms with Crippen molar-refractivity contribution in [2.24, 2.45) is 0 Å². The number of aromatic nitrogens is 3. The average Bonchev–Trinajstić information content (AvgIpc) is 3.43. The molecule has 3 atom stereocenters. The van der Waals surface area contributed by atoms with Gasteiger partial charge in [-0.05, 0) is 45.9 Å². The molecule has 1 saturated heterocycles. The van der Waals surface area contributed by atoms with Crippen molar-refractivity contribution in [2.45, 2.75) is 64.6 Å². The predicted octanol–water partition coefficient (Wildman–Crippen LogP) is 6.46. The molecule has 0 saturated carbocycles. The number of ether oxygens (including phenoxy) is 2. The fourth-order valence-electron chi connectivity index (χ4n) is 4.28. The number of likely N-dealkylation sites (tertiary alicyclic amines) is 1. The summed E-state index contributed by atoms with van der Waals surface area (Å²) < 4.78 is 41.3. The third kappa shape index (κ3) is 6.30. The van der Waals surface area contributed by atoms with Crippen LogP contribution in [0.3, 0.4) is 0 Å². The van der Waals surface area contributed by atoms with Crippen LogP contribution in [0.1, 0.15) is 45.8 Å². The second-order valence-electron chi connectivity index (χ2n) is 10.2. The minimum Gasteiger partial charge on any atom is -0.482 e. The Hall–Kier alpha value is -3.11. The molecular formula is C26H29Cl2F2N5O3. The van der Waals surface area contributed by atoms with Crippen LogP contribution >= 0.6 is 23.2 Å².